The summed E-state index contributed by atoms with van der Waals surface area (Å²) in [6.45, 7) is 11.1. The van der Waals surface area contributed by atoms with Crippen molar-refractivity contribution in [3.8, 4) is 0 Å². The maximum absolute atomic E-state index is 13.9. The van der Waals surface area contributed by atoms with Crippen LogP contribution >= 0.6 is 0 Å². The highest BCUT2D eigenvalue weighted by molar-refractivity contribution is 6.01. The Morgan fingerprint density at radius 2 is 1.74 bits per heavy atom. The Morgan fingerprint density at radius 3 is 2.37 bits per heavy atom. The third-order valence-corrected chi connectivity index (χ3v) is 8.18. The average molecular weight is 516 g/mol. The fraction of sp³-hybridized carbons (Fsp3) is 0.469. The lowest BCUT2D eigenvalue weighted by Gasteiger charge is -2.38. The lowest BCUT2D eigenvalue weighted by Crippen LogP contribution is -2.38. The number of benzene rings is 2. The largest absolute Gasteiger partial charge is 0.462 e. The van der Waals surface area contributed by atoms with E-state index in [2.05, 4.69) is 69.3 Å². The third-order valence-electron chi connectivity index (χ3n) is 8.18. The van der Waals surface area contributed by atoms with Crippen LogP contribution in [-0.2, 0) is 15.7 Å². The van der Waals surface area contributed by atoms with Crippen LogP contribution in [-0.4, -0.2) is 28.1 Å². The van der Waals surface area contributed by atoms with Gasteiger partial charge in [-0.05, 0) is 62.8 Å². The smallest absolute Gasteiger partial charge is 0.338 e. The van der Waals surface area contributed by atoms with Crippen LogP contribution in [0.5, 0.6) is 0 Å². The predicted octanol–water partition coefficient (Wildman–Crippen LogP) is 7.46. The molecular weight excluding hydrogens is 474 g/mol. The number of hydrogen-bond donors (Lipinski definition) is 1. The quantitative estimate of drug-likeness (QED) is 0.163. The molecule has 0 saturated carbocycles. The number of carbonyl (C=O) groups excluding carboxylic acids is 2. The van der Waals surface area contributed by atoms with E-state index in [1.165, 1.54) is 5.56 Å². The first-order chi connectivity index (χ1) is 18.2. The summed E-state index contributed by atoms with van der Waals surface area (Å²) in [5.74, 6) is 0.578. The van der Waals surface area contributed by atoms with Crippen molar-refractivity contribution >= 4 is 17.6 Å². The van der Waals surface area contributed by atoms with Gasteiger partial charge in [0.05, 0.1) is 35.5 Å². The van der Waals surface area contributed by atoms with Crippen molar-refractivity contribution in [2.24, 2.45) is 0 Å². The van der Waals surface area contributed by atoms with Gasteiger partial charge in [0.2, 0.25) is 0 Å². The average Bonchev–Trinajstić information content (AvgIpc) is 3.37. The van der Waals surface area contributed by atoms with Crippen molar-refractivity contribution in [1.29, 1.82) is 0 Å². The van der Waals surface area contributed by atoms with Gasteiger partial charge < -0.3 is 10.1 Å². The van der Waals surface area contributed by atoms with Gasteiger partial charge in [-0.2, -0.15) is 5.10 Å². The van der Waals surface area contributed by atoms with Crippen molar-refractivity contribution in [3.05, 3.63) is 83.0 Å². The molecule has 38 heavy (non-hydrogen) atoms. The number of ketones is 1. The minimum atomic E-state index is -0.334. The standard InChI is InChI=1S/C32H41N3O3/c1-6-9-19-38-30(37)24-15-17-25(18-16-24)32(7-2,8-3)21-28(36)26-22-33-35-29(26)34-27(20-31(35,4)5)23-13-11-10-12-14-23/h10-18,22,27,34H,6-9,19-21H2,1-5H3. The molecule has 1 N–H and O–H groups in total. The number of Topliss-reactive ketones (excluding diaryl/α,β-unsaturated/α-hetero) is 1. The maximum Gasteiger partial charge on any atom is 0.338 e. The van der Waals surface area contributed by atoms with Crippen LogP contribution in [0.4, 0.5) is 5.82 Å². The first-order valence-corrected chi connectivity index (χ1v) is 14.0. The van der Waals surface area contributed by atoms with E-state index in [1.54, 1.807) is 6.20 Å². The van der Waals surface area contributed by atoms with Crippen LogP contribution in [0, 0.1) is 0 Å². The van der Waals surface area contributed by atoms with Gasteiger partial charge in [-0.1, -0.05) is 69.7 Å². The fourth-order valence-electron chi connectivity index (χ4n) is 5.60. The van der Waals surface area contributed by atoms with E-state index in [9.17, 15) is 9.59 Å². The highest BCUT2D eigenvalue weighted by Gasteiger charge is 2.38. The molecule has 6 nitrogen and oxygen atoms in total. The van der Waals surface area contributed by atoms with Crippen molar-refractivity contribution in [2.75, 3.05) is 11.9 Å². The molecule has 0 saturated heterocycles. The van der Waals surface area contributed by atoms with E-state index in [1.807, 2.05) is 35.0 Å². The Bertz CT molecular complexity index is 1240. The number of carbonyl (C=O) groups is 2. The minimum absolute atomic E-state index is 0.0787. The number of nitrogens with one attached hydrogen (secondary N) is 1. The highest BCUT2D eigenvalue weighted by Crippen LogP contribution is 2.42. The topological polar surface area (TPSA) is 73.2 Å². The summed E-state index contributed by atoms with van der Waals surface area (Å²) in [4.78, 5) is 26.3. The van der Waals surface area contributed by atoms with Gasteiger partial charge in [0.1, 0.15) is 5.82 Å². The molecule has 0 amide bonds. The van der Waals surface area contributed by atoms with Crippen LogP contribution in [0.2, 0.25) is 0 Å². The number of fused-ring (bicyclic) bond motifs is 1. The van der Waals surface area contributed by atoms with Gasteiger partial charge in [0.15, 0.2) is 5.78 Å². The number of aromatic nitrogens is 2. The Balaban J connectivity index is 1.58. The van der Waals surface area contributed by atoms with Gasteiger partial charge in [-0.3, -0.25) is 4.79 Å². The Labute approximate surface area is 226 Å². The molecule has 2 heterocycles. The number of anilines is 1. The molecular formula is C32H41N3O3. The zero-order chi connectivity index (χ0) is 27.3. The molecule has 6 heteroatoms. The molecule has 0 fully saturated rings. The Kier molecular flexibility index (Phi) is 8.39. The zero-order valence-electron chi connectivity index (χ0n) is 23.4. The summed E-state index contributed by atoms with van der Waals surface area (Å²) >= 11 is 0. The molecule has 1 atom stereocenters. The summed E-state index contributed by atoms with van der Waals surface area (Å²) in [7, 11) is 0. The van der Waals surface area contributed by atoms with Crippen LogP contribution in [0.25, 0.3) is 0 Å². The summed E-state index contributed by atoms with van der Waals surface area (Å²) in [6.07, 6.45) is 6.44. The molecule has 1 aromatic heterocycles. The second-order valence-corrected chi connectivity index (χ2v) is 11.1. The monoisotopic (exact) mass is 515 g/mol. The molecule has 1 aliphatic rings. The van der Waals surface area contributed by atoms with Gasteiger partial charge in [0.25, 0.3) is 0 Å². The van der Waals surface area contributed by atoms with E-state index in [0.717, 1.165) is 43.5 Å². The molecule has 4 rings (SSSR count). The van der Waals surface area contributed by atoms with E-state index in [-0.39, 0.29) is 28.7 Å². The van der Waals surface area contributed by atoms with Crippen LogP contribution in [0.3, 0.4) is 0 Å². The van der Waals surface area contributed by atoms with Crippen molar-refractivity contribution in [2.45, 2.75) is 90.1 Å². The van der Waals surface area contributed by atoms with Crippen molar-refractivity contribution in [3.63, 3.8) is 0 Å². The molecule has 0 spiro atoms. The second kappa shape index (κ2) is 11.5. The number of rotatable bonds is 11. The molecule has 2 aromatic carbocycles. The van der Waals surface area contributed by atoms with Gasteiger partial charge in [0, 0.05) is 11.8 Å². The lowest BCUT2D eigenvalue weighted by atomic mass is 9.71. The van der Waals surface area contributed by atoms with Crippen LogP contribution < -0.4 is 5.32 Å². The van der Waals surface area contributed by atoms with Gasteiger partial charge >= 0.3 is 5.97 Å². The number of ether oxygens (including phenoxy) is 1. The molecule has 1 aliphatic heterocycles. The summed E-state index contributed by atoms with van der Waals surface area (Å²) < 4.78 is 7.33. The molecule has 0 aliphatic carbocycles. The maximum atomic E-state index is 13.9. The number of nitrogens with zero attached hydrogens (tertiary/aromatic N) is 2. The second-order valence-electron chi connectivity index (χ2n) is 11.1. The van der Waals surface area contributed by atoms with E-state index in [0.29, 0.717) is 24.2 Å². The van der Waals surface area contributed by atoms with E-state index in [4.69, 9.17) is 4.74 Å². The molecule has 3 aromatic rings. The molecule has 1 unspecified atom stereocenters. The summed E-state index contributed by atoms with van der Waals surface area (Å²) in [5.41, 5.74) is 2.89. The zero-order valence-corrected chi connectivity index (χ0v) is 23.4. The van der Waals surface area contributed by atoms with E-state index < -0.39 is 0 Å². The Morgan fingerprint density at radius 1 is 1.05 bits per heavy atom. The predicted molar refractivity (Wildman–Crippen MR) is 152 cm³/mol. The minimum Gasteiger partial charge on any atom is -0.462 e. The first-order valence-electron chi connectivity index (χ1n) is 14.0. The lowest BCUT2D eigenvalue weighted by molar-refractivity contribution is 0.0499. The SMILES string of the molecule is CCCCOC(=O)c1ccc(C(CC)(CC)CC(=O)c2cnn3c2NC(c2ccccc2)CC3(C)C)cc1. The number of hydrogen-bond acceptors (Lipinski definition) is 5. The highest BCUT2D eigenvalue weighted by atomic mass is 16.5. The van der Waals surface area contributed by atoms with Gasteiger partial charge in [-0.25, -0.2) is 9.48 Å². The summed E-state index contributed by atoms with van der Waals surface area (Å²) in [5, 5.41) is 8.29. The molecule has 202 valence electrons. The van der Waals surface area contributed by atoms with Crippen molar-refractivity contribution < 1.29 is 14.3 Å². The molecule has 0 radical (unpaired) electrons. The summed E-state index contributed by atoms with van der Waals surface area (Å²) in [6, 6.07) is 18.1. The normalized spacial score (nSPS) is 16.4. The number of unbranched alkanes of at least 4 members (excludes halogenated alkanes) is 1. The van der Waals surface area contributed by atoms with Crippen LogP contribution in [0.1, 0.15) is 111 Å². The Hall–Kier alpha value is -3.41. The molecule has 0 bridgehead atoms. The van der Waals surface area contributed by atoms with E-state index >= 15 is 0 Å². The first kappa shape index (κ1) is 27.6. The van der Waals surface area contributed by atoms with Gasteiger partial charge in [-0.15, -0.1) is 0 Å². The third kappa shape index (κ3) is 5.54. The fourth-order valence-corrected chi connectivity index (χ4v) is 5.60. The van der Waals surface area contributed by atoms with Crippen LogP contribution in [0.15, 0.2) is 60.8 Å². The van der Waals surface area contributed by atoms with Crippen molar-refractivity contribution in [1.82, 2.24) is 9.78 Å². The number of esters is 1.